The predicted octanol–water partition coefficient (Wildman–Crippen LogP) is 2.99. The maximum Gasteiger partial charge on any atom is 0.0935 e. The lowest BCUT2D eigenvalue weighted by Gasteiger charge is -2.17. The van der Waals surface area contributed by atoms with Crippen LogP contribution in [0.15, 0.2) is 41.2 Å². The van der Waals surface area contributed by atoms with Gasteiger partial charge in [-0.3, -0.25) is 11.3 Å². The zero-order chi connectivity index (χ0) is 12.3. The minimum absolute atomic E-state index is 0.0132. The summed E-state index contributed by atoms with van der Waals surface area (Å²) < 4.78 is 5.04. The van der Waals surface area contributed by atoms with Crippen molar-refractivity contribution in [2.45, 2.75) is 19.4 Å². The molecule has 0 spiro atoms. The van der Waals surface area contributed by atoms with Gasteiger partial charge in [-0.15, -0.1) is 0 Å². The largest absolute Gasteiger partial charge is 0.472 e. The number of halogens is 1. The molecular formula is C13H15ClN2O. The monoisotopic (exact) mass is 250 g/mol. The van der Waals surface area contributed by atoms with E-state index in [1.807, 2.05) is 31.2 Å². The highest BCUT2D eigenvalue weighted by Gasteiger charge is 2.14. The van der Waals surface area contributed by atoms with Crippen molar-refractivity contribution in [1.29, 1.82) is 0 Å². The second-order valence-corrected chi connectivity index (χ2v) is 4.49. The fourth-order valence-electron chi connectivity index (χ4n) is 1.82. The summed E-state index contributed by atoms with van der Waals surface area (Å²) in [4.78, 5) is 0. The lowest BCUT2D eigenvalue weighted by molar-refractivity contribution is 0.536. The van der Waals surface area contributed by atoms with E-state index in [1.165, 1.54) is 0 Å². The van der Waals surface area contributed by atoms with E-state index in [2.05, 4.69) is 5.43 Å². The van der Waals surface area contributed by atoms with Gasteiger partial charge in [0.25, 0.3) is 0 Å². The number of nitrogens with one attached hydrogen (secondary N) is 1. The molecule has 1 unspecified atom stereocenters. The number of nitrogens with two attached hydrogens (primary N) is 1. The van der Waals surface area contributed by atoms with Crippen molar-refractivity contribution < 1.29 is 4.42 Å². The first-order valence-electron chi connectivity index (χ1n) is 5.44. The standard InChI is InChI=1S/C13H15ClN2O/c1-9-2-3-11(12(14)6-9)13(16-15)7-10-4-5-17-8-10/h2-6,8,13,16H,7,15H2,1H3. The molecule has 0 radical (unpaired) electrons. The summed E-state index contributed by atoms with van der Waals surface area (Å²) in [6, 6.07) is 7.88. The molecule has 0 fully saturated rings. The molecule has 17 heavy (non-hydrogen) atoms. The second-order valence-electron chi connectivity index (χ2n) is 4.08. The molecule has 0 amide bonds. The Morgan fingerprint density at radius 1 is 1.41 bits per heavy atom. The van der Waals surface area contributed by atoms with Gasteiger partial charge in [0.05, 0.1) is 18.6 Å². The van der Waals surface area contributed by atoms with E-state index < -0.39 is 0 Å². The van der Waals surface area contributed by atoms with Crippen LogP contribution >= 0.6 is 11.6 Å². The maximum atomic E-state index is 6.22. The topological polar surface area (TPSA) is 51.2 Å². The summed E-state index contributed by atoms with van der Waals surface area (Å²) in [6.45, 7) is 2.01. The van der Waals surface area contributed by atoms with Crippen LogP contribution in [-0.4, -0.2) is 0 Å². The molecule has 1 aromatic heterocycles. The van der Waals surface area contributed by atoms with Crippen LogP contribution in [0.2, 0.25) is 5.02 Å². The van der Waals surface area contributed by atoms with Gasteiger partial charge in [-0.2, -0.15) is 0 Å². The average Bonchev–Trinajstić information content (AvgIpc) is 2.79. The summed E-state index contributed by atoms with van der Waals surface area (Å²) in [6.07, 6.45) is 4.11. The first-order chi connectivity index (χ1) is 8.20. The summed E-state index contributed by atoms with van der Waals surface area (Å²) in [7, 11) is 0. The van der Waals surface area contributed by atoms with Crippen LogP contribution in [0.4, 0.5) is 0 Å². The van der Waals surface area contributed by atoms with Crippen molar-refractivity contribution in [3.05, 3.63) is 58.5 Å². The SMILES string of the molecule is Cc1ccc(C(Cc2ccoc2)NN)c(Cl)c1. The van der Waals surface area contributed by atoms with E-state index in [9.17, 15) is 0 Å². The van der Waals surface area contributed by atoms with Crippen LogP contribution in [-0.2, 0) is 6.42 Å². The molecule has 0 aliphatic heterocycles. The number of hydrazine groups is 1. The molecule has 4 heteroatoms. The first kappa shape index (κ1) is 12.2. The van der Waals surface area contributed by atoms with Gasteiger partial charge in [0, 0.05) is 5.02 Å². The first-order valence-corrected chi connectivity index (χ1v) is 5.81. The number of rotatable bonds is 4. The summed E-state index contributed by atoms with van der Waals surface area (Å²) in [5.41, 5.74) is 6.02. The van der Waals surface area contributed by atoms with Gasteiger partial charge >= 0.3 is 0 Å². The zero-order valence-electron chi connectivity index (χ0n) is 9.61. The van der Waals surface area contributed by atoms with Gasteiger partial charge < -0.3 is 4.42 Å². The zero-order valence-corrected chi connectivity index (χ0v) is 10.4. The van der Waals surface area contributed by atoms with Crippen LogP contribution in [0.5, 0.6) is 0 Å². The smallest absolute Gasteiger partial charge is 0.0935 e. The molecule has 1 heterocycles. The fraction of sp³-hybridized carbons (Fsp3) is 0.231. The van der Waals surface area contributed by atoms with Gasteiger partial charge in [0.15, 0.2) is 0 Å². The van der Waals surface area contributed by atoms with Gasteiger partial charge in [-0.1, -0.05) is 23.7 Å². The highest BCUT2D eigenvalue weighted by Crippen LogP contribution is 2.26. The Morgan fingerprint density at radius 2 is 2.24 bits per heavy atom. The van der Waals surface area contributed by atoms with Crippen LogP contribution in [0.1, 0.15) is 22.7 Å². The van der Waals surface area contributed by atoms with E-state index >= 15 is 0 Å². The summed E-state index contributed by atoms with van der Waals surface area (Å²) >= 11 is 6.22. The molecule has 1 aromatic carbocycles. The predicted molar refractivity (Wildman–Crippen MR) is 68.7 cm³/mol. The van der Waals surface area contributed by atoms with Crippen LogP contribution < -0.4 is 11.3 Å². The highest BCUT2D eigenvalue weighted by molar-refractivity contribution is 6.31. The number of hydrogen-bond acceptors (Lipinski definition) is 3. The molecular weight excluding hydrogens is 236 g/mol. The molecule has 3 N–H and O–H groups in total. The van der Waals surface area contributed by atoms with Crippen molar-refractivity contribution >= 4 is 11.6 Å². The molecule has 90 valence electrons. The molecule has 2 rings (SSSR count). The molecule has 0 bridgehead atoms. The Kier molecular flexibility index (Phi) is 3.84. The third-order valence-corrected chi connectivity index (χ3v) is 3.08. The van der Waals surface area contributed by atoms with Crippen molar-refractivity contribution in [3.63, 3.8) is 0 Å². The van der Waals surface area contributed by atoms with Crippen LogP contribution in [0, 0.1) is 6.92 Å². The third-order valence-electron chi connectivity index (χ3n) is 2.75. The van der Waals surface area contributed by atoms with Gasteiger partial charge in [0.1, 0.15) is 0 Å². The number of hydrogen-bond donors (Lipinski definition) is 2. The minimum Gasteiger partial charge on any atom is -0.472 e. The van der Waals surface area contributed by atoms with E-state index in [1.54, 1.807) is 12.5 Å². The van der Waals surface area contributed by atoms with E-state index in [4.69, 9.17) is 21.9 Å². The van der Waals surface area contributed by atoms with Gasteiger partial charge in [-0.25, -0.2) is 0 Å². The van der Waals surface area contributed by atoms with Crippen molar-refractivity contribution in [1.82, 2.24) is 5.43 Å². The molecule has 0 aliphatic rings. The molecule has 0 aliphatic carbocycles. The normalized spacial score (nSPS) is 12.6. The molecule has 1 atom stereocenters. The minimum atomic E-state index is -0.0132. The summed E-state index contributed by atoms with van der Waals surface area (Å²) in [5, 5.41) is 0.733. The van der Waals surface area contributed by atoms with Crippen molar-refractivity contribution in [2.24, 2.45) is 5.84 Å². The van der Waals surface area contributed by atoms with E-state index in [-0.39, 0.29) is 6.04 Å². The van der Waals surface area contributed by atoms with Gasteiger partial charge in [0.2, 0.25) is 0 Å². The van der Waals surface area contributed by atoms with Crippen LogP contribution in [0.3, 0.4) is 0 Å². The Morgan fingerprint density at radius 3 is 2.82 bits per heavy atom. The lowest BCUT2D eigenvalue weighted by Crippen LogP contribution is -2.29. The highest BCUT2D eigenvalue weighted by atomic mass is 35.5. The maximum absolute atomic E-state index is 6.22. The Labute approximate surface area is 106 Å². The summed E-state index contributed by atoms with van der Waals surface area (Å²) in [5.74, 6) is 5.59. The molecule has 0 saturated heterocycles. The van der Waals surface area contributed by atoms with Crippen molar-refractivity contribution in [2.75, 3.05) is 0 Å². The van der Waals surface area contributed by atoms with Gasteiger partial charge in [-0.05, 0) is 42.2 Å². The number of benzene rings is 1. The van der Waals surface area contributed by atoms with Crippen molar-refractivity contribution in [3.8, 4) is 0 Å². The number of furan rings is 1. The quantitative estimate of drug-likeness (QED) is 0.648. The Bertz CT molecular complexity index is 482. The lowest BCUT2D eigenvalue weighted by atomic mass is 10.00. The number of aryl methyl sites for hydroxylation is 1. The molecule has 2 aromatic rings. The Hall–Kier alpha value is -1.29. The van der Waals surface area contributed by atoms with Crippen LogP contribution in [0.25, 0.3) is 0 Å². The third kappa shape index (κ3) is 2.88. The average molecular weight is 251 g/mol. The second kappa shape index (κ2) is 5.36. The molecule has 3 nitrogen and oxygen atoms in total. The fourth-order valence-corrected chi connectivity index (χ4v) is 2.18. The molecule has 0 saturated carbocycles. The van der Waals surface area contributed by atoms with E-state index in [0.717, 1.165) is 28.1 Å². The Balaban J connectivity index is 2.23. The van der Waals surface area contributed by atoms with E-state index in [0.29, 0.717) is 0 Å².